The topological polar surface area (TPSA) is 43.8 Å². The Bertz CT molecular complexity index is 822. The van der Waals surface area contributed by atoms with Gasteiger partial charge >= 0.3 is 0 Å². The van der Waals surface area contributed by atoms with E-state index in [2.05, 4.69) is 29.2 Å². The highest BCUT2D eigenvalue weighted by Gasteiger charge is 2.24. The number of aromatic nitrogens is 2. The van der Waals surface area contributed by atoms with Crippen molar-refractivity contribution >= 4 is 17.0 Å². The third-order valence-electron chi connectivity index (χ3n) is 4.33. The van der Waals surface area contributed by atoms with Crippen molar-refractivity contribution in [3.05, 3.63) is 59.4 Å². The van der Waals surface area contributed by atoms with Crippen LogP contribution in [-0.4, -0.2) is 9.55 Å². The average molecular weight is 281 g/mol. The largest absolute Gasteiger partial charge is 0.369 e. The van der Waals surface area contributed by atoms with Crippen molar-refractivity contribution in [2.24, 2.45) is 0 Å². The summed E-state index contributed by atoms with van der Waals surface area (Å²) in [6.45, 7) is 0. The van der Waals surface area contributed by atoms with Gasteiger partial charge in [0.2, 0.25) is 5.95 Å². The zero-order valence-corrected chi connectivity index (χ0v) is 11.6. The number of nitrogens with two attached hydrogens (primary N) is 1. The molecular weight excluding hydrogens is 265 g/mol. The Labute approximate surface area is 122 Å². The van der Waals surface area contributed by atoms with Crippen LogP contribution in [0.5, 0.6) is 0 Å². The van der Waals surface area contributed by atoms with Crippen LogP contribution in [0.1, 0.15) is 30.0 Å². The van der Waals surface area contributed by atoms with Crippen molar-refractivity contribution in [2.45, 2.75) is 25.3 Å². The predicted octanol–water partition coefficient (Wildman–Crippen LogP) is 3.68. The van der Waals surface area contributed by atoms with E-state index in [1.807, 2.05) is 4.57 Å². The molecule has 1 atom stereocenters. The molecule has 106 valence electrons. The van der Waals surface area contributed by atoms with Crippen LogP contribution in [0.25, 0.3) is 11.0 Å². The van der Waals surface area contributed by atoms with Gasteiger partial charge in [-0.15, -0.1) is 0 Å². The molecule has 1 aliphatic rings. The minimum atomic E-state index is -0.281. The second kappa shape index (κ2) is 4.58. The van der Waals surface area contributed by atoms with E-state index < -0.39 is 0 Å². The van der Waals surface area contributed by atoms with Crippen LogP contribution in [0.2, 0.25) is 0 Å². The van der Waals surface area contributed by atoms with Crippen molar-refractivity contribution in [2.75, 3.05) is 5.73 Å². The molecule has 0 spiro atoms. The quantitative estimate of drug-likeness (QED) is 0.739. The summed E-state index contributed by atoms with van der Waals surface area (Å²) < 4.78 is 15.4. The minimum absolute atomic E-state index is 0.186. The summed E-state index contributed by atoms with van der Waals surface area (Å²) in [6.07, 6.45) is 3.26. The lowest BCUT2D eigenvalue weighted by Gasteiger charge is -2.27. The first-order valence-corrected chi connectivity index (χ1v) is 7.25. The van der Waals surface area contributed by atoms with Gasteiger partial charge in [-0.2, -0.15) is 0 Å². The number of rotatable bonds is 1. The fraction of sp³-hybridized carbons (Fsp3) is 0.235. The van der Waals surface area contributed by atoms with Gasteiger partial charge in [-0.25, -0.2) is 9.37 Å². The highest BCUT2D eigenvalue weighted by Crippen LogP contribution is 2.36. The van der Waals surface area contributed by atoms with Crippen LogP contribution in [0.4, 0.5) is 10.3 Å². The smallest absolute Gasteiger partial charge is 0.201 e. The average Bonchev–Trinajstić information content (AvgIpc) is 2.81. The van der Waals surface area contributed by atoms with Crippen molar-refractivity contribution in [3.8, 4) is 0 Å². The summed E-state index contributed by atoms with van der Waals surface area (Å²) in [4.78, 5) is 4.32. The predicted molar refractivity (Wildman–Crippen MR) is 81.6 cm³/mol. The number of benzene rings is 2. The van der Waals surface area contributed by atoms with E-state index in [1.54, 1.807) is 6.07 Å². The number of hydrogen-bond donors (Lipinski definition) is 1. The lowest BCUT2D eigenvalue weighted by molar-refractivity contribution is 0.504. The molecule has 0 saturated heterocycles. The molecule has 1 unspecified atom stereocenters. The maximum atomic E-state index is 13.4. The number of anilines is 1. The van der Waals surface area contributed by atoms with Gasteiger partial charge in [0, 0.05) is 6.07 Å². The summed E-state index contributed by atoms with van der Waals surface area (Å²) in [5, 5.41) is 0. The first-order valence-electron chi connectivity index (χ1n) is 7.25. The Morgan fingerprint density at radius 3 is 2.95 bits per heavy atom. The molecule has 4 heteroatoms. The van der Waals surface area contributed by atoms with E-state index in [4.69, 9.17) is 5.73 Å². The third kappa shape index (κ3) is 1.90. The van der Waals surface area contributed by atoms with Crippen LogP contribution in [0.15, 0.2) is 42.5 Å². The Kier molecular flexibility index (Phi) is 2.70. The Hall–Kier alpha value is -2.36. The van der Waals surface area contributed by atoms with Gasteiger partial charge in [0.05, 0.1) is 17.1 Å². The number of nitrogens with zero attached hydrogens (tertiary/aromatic N) is 2. The number of fused-ring (bicyclic) bond motifs is 2. The number of hydrogen-bond acceptors (Lipinski definition) is 2. The first kappa shape index (κ1) is 12.4. The van der Waals surface area contributed by atoms with E-state index in [1.165, 1.54) is 23.3 Å². The summed E-state index contributed by atoms with van der Waals surface area (Å²) in [7, 11) is 0. The second-order valence-electron chi connectivity index (χ2n) is 5.58. The molecule has 0 fully saturated rings. The normalized spacial score (nSPS) is 17.9. The van der Waals surface area contributed by atoms with E-state index in [0.717, 1.165) is 24.8 Å². The van der Waals surface area contributed by atoms with Crippen LogP contribution in [0.3, 0.4) is 0 Å². The maximum absolute atomic E-state index is 13.4. The van der Waals surface area contributed by atoms with Gasteiger partial charge in [-0.1, -0.05) is 24.3 Å². The summed E-state index contributed by atoms with van der Waals surface area (Å²) in [6, 6.07) is 13.3. The SMILES string of the molecule is Nc1nc2cc(F)ccc2n1C1CCCc2ccccc21. The molecule has 3 nitrogen and oxygen atoms in total. The fourth-order valence-corrected chi connectivity index (χ4v) is 3.41. The molecule has 0 aliphatic heterocycles. The second-order valence-corrected chi connectivity index (χ2v) is 5.58. The standard InChI is InChI=1S/C17H16FN3/c18-12-8-9-16-14(10-12)20-17(19)21(16)15-7-3-5-11-4-1-2-6-13(11)15/h1-2,4,6,8-10,15H,3,5,7H2,(H2,19,20). The summed E-state index contributed by atoms with van der Waals surface area (Å²) in [5.74, 6) is 0.175. The molecule has 0 saturated carbocycles. The number of imidazole rings is 1. The molecule has 1 heterocycles. The van der Waals surface area contributed by atoms with E-state index in [0.29, 0.717) is 11.5 Å². The number of nitrogen functional groups attached to an aromatic ring is 1. The van der Waals surface area contributed by atoms with Crippen LogP contribution < -0.4 is 5.73 Å². The van der Waals surface area contributed by atoms with Crippen molar-refractivity contribution in [3.63, 3.8) is 0 Å². The molecule has 21 heavy (non-hydrogen) atoms. The molecule has 2 N–H and O–H groups in total. The first-order chi connectivity index (χ1) is 10.2. The molecule has 3 aromatic rings. The molecule has 0 bridgehead atoms. The van der Waals surface area contributed by atoms with Crippen LogP contribution in [-0.2, 0) is 6.42 Å². The van der Waals surface area contributed by atoms with Gasteiger partial charge in [-0.05, 0) is 42.5 Å². The molecule has 1 aromatic heterocycles. The minimum Gasteiger partial charge on any atom is -0.369 e. The van der Waals surface area contributed by atoms with Crippen molar-refractivity contribution in [1.29, 1.82) is 0 Å². The Morgan fingerprint density at radius 2 is 2.05 bits per heavy atom. The third-order valence-corrected chi connectivity index (χ3v) is 4.33. The monoisotopic (exact) mass is 281 g/mol. The van der Waals surface area contributed by atoms with E-state index in [9.17, 15) is 4.39 Å². The lowest BCUT2D eigenvalue weighted by Crippen LogP contribution is -2.18. The van der Waals surface area contributed by atoms with Crippen molar-refractivity contribution < 1.29 is 4.39 Å². The molecule has 0 radical (unpaired) electrons. The lowest BCUT2D eigenvalue weighted by atomic mass is 9.87. The molecule has 4 rings (SSSR count). The number of halogens is 1. The highest BCUT2D eigenvalue weighted by atomic mass is 19.1. The summed E-state index contributed by atoms with van der Waals surface area (Å²) in [5.41, 5.74) is 10.3. The van der Waals surface area contributed by atoms with Crippen molar-refractivity contribution in [1.82, 2.24) is 9.55 Å². The zero-order chi connectivity index (χ0) is 14.4. The van der Waals surface area contributed by atoms with Gasteiger partial charge in [0.15, 0.2) is 0 Å². The maximum Gasteiger partial charge on any atom is 0.201 e. The van der Waals surface area contributed by atoms with E-state index in [-0.39, 0.29) is 11.9 Å². The van der Waals surface area contributed by atoms with Gasteiger partial charge < -0.3 is 10.3 Å². The van der Waals surface area contributed by atoms with Gasteiger partial charge in [-0.3, -0.25) is 0 Å². The zero-order valence-electron chi connectivity index (χ0n) is 11.6. The molecule has 2 aromatic carbocycles. The van der Waals surface area contributed by atoms with Gasteiger partial charge in [0.25, 0.3) is 0 Å². The Balaban J connectivity index is 1.94. The molecule has 0 amide bonds. The fourth-order valence-electron chi connectivity index (χ4n) is 3.41. The van der Waals surface area contributed by atoms with Crippen LogP contribution >= 0.6 is 0 Å². The molecule has 1 aliphatic carbocycles. The molecular formula is C17H16FN3. The number of aryl methyl sites for hydroxylation is 1. The van der Waals surface area contributed by atoms with Gasteiger partial charge in [0.1, 0.15) is 5.82 Å². The van der Waals surface area contributed by atoms with E-state index >= 15 is 0 Å². The Morgan fingerprint density at radius 1 is 1.19 bits per heavy atom. The highest BCUT2D eigenvalue weighted by molar-refractivity contribution is 5.78. The van der Waals surface area contributed by atoms with Crippen LogP contribution in [0, 0.1) is 5.82 Å². The summed E-state index contributed by atoms with van der Waals surface area (Å²) >= 11 is 0.